The fourth-order valence-electron chi connectivity index (χ4n) is 1.11. The molecule has 2 nitrogen and oxygen atoms in total. The summed E-state index contributed by atoms with van der Waals surface area (Å²) in [4.78, 5) is 1.07. The molecule has 0 radical (unpaired) electrons. The molecule has 0 saturated heterocycles. The van der Waals surface area contributed by atoms with Crippen LogP contribution in [0.4, 0.5) is 0 Å². The topological polar surface area (TPSA) is 24.3 Å². The Bertz CT molecular complexity index is 442. The van der Waals surface area contributed by atoms with Gasteiger partial charge in [0.05, 0.1) is 0 Å². The van der Waals surface area contributed by atoms with Crippen molar-refractivity contribution in [2.24, 2.45) is 0 Å². The Hall–Kier alpha value is 0.139. The van der Waals surface area contributed by atoms with Crippen LogP contribution in [0.3, 0.4) is 0 Å². The summed E-state index contributed by atoms with van der Waals surface area (Å²) in [6, 6.07) is 0. The molecule has 0 amide bonds. The summed E-state index contributed by atoms with van der Waals surface area (Å²) < 4.78 is 3.08. The summed E-state index contributed by atoms with van der Waals surface area (Å²) in [6.07, 6.45) is 2.02. The molecular formula is C8H9ClNOSSe+. The van der Waals surface area contributed by atoms with Gasteiger partial charge >= 0.3 is 91.5 Å². The van der Waals surface area contributed by atoms with Crippen LogP contribution >= 0.6 is 22.9 Å². The van der Waals surface area contributed by atoms with Gasteiger partial charge in [-0.2, -0.15) is 0 Å². The summed E-state index contributed by atoms with van der Waals surface area (Å²) in [5.41, 5.74) is -0.789. The minimum absolute atomic E-state index is 0.130. The van der Waals surface area contributed by atoms with Crippen molar-refractivity contribution < 1.29 is 8.50 Å². The van der Waals surface area contributed by atoms with Crippen molar-refractivity contribution in [1.82, 2.24) is 0 Å². The van der Waals surface area contributed by atoms with Gasteiger partial charge in [-0.3, -0.25) is 0 Å². The number of thiazole rings is 1. The molecule has 0 aliphatic rings. The Morgan fingerprint density at radius 1 is 1.62 bits per heavy atom. The fraction of sp³-hybridized carbons (Fsp3) is 0.375. The Balaban J connectivity index is 2.71. The molecule has 5 heteroatoms. The van der Waals surface area contributed by atoms with Gasteiger partial charge < -0.3 is 0 Å². The average Bonchev–Trinajstić information content (AvgIpc) is 2.51. The van der Waals surface area contributed by atoms with E-state index in [4.69, 9.17) is 11.6 Å². The van der Waals surface area contributed by atoms with Gasteiger partial charge in [0.2, 0.25) is 0 Å². The predicted molar refractivity (Wildman–Crippen MR) is 54.7 cm³/mol. The molecule has 2 aromatic heterocycles. The number of aliphatic hydroxyl groups is 1. The van der Waals surface area contributed by atoms with E-state index in [1.54, 1.807) is 25.2 Å². The van der Waals surface area contributed by atoms with Crippen LogP contribution in [-0.2, 0) is 5.60 Å². The van der Waals surface area contributed by atoms with Crippen LogP contribution in [0.2, 0.25) is 5.02 Å². The third kappa shape index (κ3) is 1.58. The second-order valence-electron chi connectivity index (χ2n) is 3.33. The summed E-state index contributed by atoms with van der Waals surface area (Å²) in [6.45, 7) is 3.56. The molecule has 0 aliphatic heterocycles. The van der Waals surface area contributed by atoms with E-state index < -0.39 is 5.60 Å². The number of fused-ring (bicyclic) bond motifs is 1. The maximum absolute atomic E-state index is 9.84. The molecule has 2 heterocycles. The van der Waals surface area contributed by atoms with E-state index in [0.717, 1.165) is 14.3 Å². The number of halogens is 1. The molecule has 0 unspecified atom stereocenters. The van der Waals surface area contributed by atoms with Crippen LogP contribution in [-0.4, -0.2) is 19.8 Å². The van der Waals surface area contributed by atoms with Crippen molar-refractivity contribution in [3.05, 3.63) is 21.0 Å². The minimum atomic E-state index is -0.789. The molecule has 0 bridgehead atoms. The van der Waals surface area contributed by atoms with Crippen molar-refractivity contribution in [3.63, 3.8) is 0 Å². The molecule has 2 aromatic rings. The molecule has 0 aromatic carbocycles. The predicted octanol–water partition coefficient (Wildman–Crippen LogP) is 1.42. The van der Waals surface area contributed by atoms with E-state index in [0.29, 0.717) is 0 Å². The molecule has 0 aliphatic carbocycles. The number of aromatic nitrogens is 1. The van der Waals surface area contributed by atoms with Crippen LogP contribution in [0.25, 0.3) is 4.83 Å². The second-order valence-corrected chi connectivity index (χ2v) is 6.66. The first-order valence-electron chi connectivity index (χ1n) is 3.80. The second kappa shape index (κ2) is 3.07. The molecule has 0 saturated carbocycles. The van der Waals surface area contributed by atoms with E-state index in [9.17, 15) is 5.11 Å². The standard InChI is InChI=1S/C8H9ClNOSSe/c1-8(2,11)6-5(9)7-10(13-6)3-4-12-7/h3-4,11H,1-2H3/q+1. The first kappa shape index (κ1) is 9.69. The molecule has 70 valence electrons. The van der Waals surface area contributed by atoms with E-state index in [-0.39, 0.29) is 14.7 Å². The Kier molecular flexibility index (Phi) is 2.29. The van der Waals surface area contributed by atoms with Gasteiger partial charge in [0.1, 0.15) is 0 Å². The Labute approximate surface area is 91.4 Å². The zero-order valence-electron chi connectivity index (χ0n) is 7.24. The van der Waals surface area contributed by atoms with Gasteiger partial charge in [0.25, 0.3) is 0 Å². The molecule has 0 spiro atoms. The summed E-state index contributed by atoms with van der Waals surface area (Å²) >= 11 is 7.91. The Morgan fingerprint density at radius 3 is 2.85 bits per heavy atom. The normalized spacial score (nSPS) is 12.6. The molecule has 2 rings (SSSR count). The van der Waals surface area contributed by atoms with Crippen LogP contribution in [0.15, 0.2) is 11.6 Å². The van der Waals surface area contributed by atoms with Gasteiger partial charge in [0.15, 0.2) is 0 Å². The SMILES string of the molecule is CC(C)(O)c1[se][n+]2ccsc2c1Cl. The number of nitrogens with zero attached hydrogens (tertiary/aromatic N) is 1. The third-order valence-electron chi connectivity index (χ3n) is 1.71. The molecule has 13 heavy (non-hydrogen) atoms. The third-order valence-corrected chi connectivity index (χ3v) is 6.50. The first-order chi connectivity index (χ1) is 6.00. The van der Waals surface area contributed by atoms with E-state index in [2.05, 4.69) is 3.40 Å². The van der Waals surface area contributed by atoms with Crippen LogP contribution in [0, 0.1) is 0 Å². The maximum atomic E-state index is 9.84. The first-order valence-corrected chi connectivity index (χ1v) is 6.68. The Morgan fingerprint density at radius 2 is 2.31 bits per heavy atom. The molecule has 0 atom stereocenters. The van der Waals surface area contributed by atoms with Gasteiger partial charge in [-0.15, -0.1) is 0 Å². The summed E-state index contributed by atoms with van der Waals surface area (Å²) in [5.74, 6) is 0. The average molecular weight is 282 g/mol. The quantitative estimate of drug-likeness (QED) is 0.786. The number of hydrogen-bond donors (Lipinski definition) is 1. The van der Waals surface area contributed by atoms with E-state index in [1.165, 1.54) is 0 Å². The van der Waals surface area contributed by atoms with Crippen LogP contribution in [0.1, 0.15) is 18.3 Å². The monoisotopic (exact) mass is 282 g/mol. The fourth-order valence-corrected chi connectivity index (χ4v) is 5.19. The number of hydrogen-bond acceptors (Lipinski definition) is 2. The number of rotatable bonds is 1. The molecule has 0 fully saturated rings. The van der Waals surface area contributed by atoms with Crippen molar-refractivity contribution in [3.8, 4) is 0 Å². The zero-order valence-corrected chi connectivity index (χ0v) is 10.5. The van der Waals surface area contributed by atoms with E-state index >= 15 is 0 Å². The van der Waals surface area contributed by atoms with Crippen molar-refractivity contribution in [1.29, 1.82) is 0 Å². The van der Waals surface area contributed by atoms with E-state index in [1.807, 2.05) is 11.6 Å². The van der Waals surface area contributed by atoms with Crippen LogP contribution < -0.4 is 3.40 Å². The molecule has 1 N–H and O–H groups in total. The summed E-state index contributed by atoms with van der Waals surface area (Å²) in [5, 5.41) is 12.6. The molecular weight excluding hydrogens is 273 g/mol. The van der Waals surface area contributed by atoms with Gasteiger partial charge in [0, 0.05) is 0 Å². The summed E-state index contributed by atoms with van der Waals surface area (Å²) in [7, 11) is 0. The van der Waals surface area contributed by atoms with Crippen LogP contribution in [0.5, 0.6) is 0 Å². The zero-order chi connectivity index (χ0) is 9.64. The van der Waals surface area contributed by atoms with Crippen molar-refractivity contribution >= 4 is 42.5 Å². The van der Waals surface area contributed by atoms with Gasteiger partial charge in [-0.05, 0) is 0 Å². The van der Waals surface area contributed by atoms with Crippen molar-refractivity contribution in [2.75, 3.05) is 0 Å². The van der Waals surface area contributed by atoms with Gasteiger partial charge in [-0.1, -0.05) is 0 Å². The van der Waals surface area contributed by atoms with Crippen molar-refractivity contribution in [2.45, 2.75) is 19.4 Å². The van der Waals surface area contributed by atoms with Gasteiger partial charge in [-0.25, -0.2) is 0 Å².